The van der Waals surface area contributed by atoms with Gasteiger partial charge in [0.2, 0.25) is 0 Å². The molecular formula is C18H21NS. The molecule has 2 aromatic rings. The number of thioether (sulfide) groups is 1. The third kappa shape index (κ3) is 3.01. The first-order valence-corrected chi connectivity index (χ1v) is 8.42. The van der Waals surface area contributed by atoms with Crippen molar-refractivity contribution < 1.29 is 0 Å². The van der Waals surface area contributed by atoms with Crippen molar-refractivity contribution in [2.24, 2.45) is 0 Å². The number of fused-ring (bicyclic) bond motifs is 1. The Morgan fingerprint density at radius 2 is 1.90 bits per heavy atom. The van der Waals surface area contributed by atoms with Gasteiger partial charge in [-0.15, -0.1) is 11.8 Å². The predicted molar refractivity (Wildman–Crippen MR) is 88.6 cm³/mol. The number of hydrogen-bond acceptors (Lipinski definition) is 2. The Balaban J connectivity index is 1.67. The van der Waals surface area contributed by atoms with Crippen molar-refractivity contribution in [1.29, 1.82) is 0 Å². The molecule has 20 heavy (non-hydrogen) atoms. The van der Waals surface area contributed by atoms with Crippen LogP contribution < -0.4 is 5.32 Å². The van der Waals surface area contributed by atoms with E-state index in [-0.39, 0.29) is 0 Å². The summed E-state index contributed by atoms with van der Waals surface area (Å²) < 4.78 is 0. The van der Waals surface area contributed by atoms with Crippen LogP contribution in [-0.2, 0) is 6.42 Å². The van der Waals surface area contributed by atoms with Gasteiger partial charge < -0.3 is 5.32 Å². The third-order valence-corrected chi connectivity index (χ3v) is 5.00. The number of anilines is 1. The maximum Gasteiger partial charge on any atom is 0.0618 e. The summed E-state index contributed by atoms with van der Waals surface area (Å²) in [5.74, 6) is 1.12. The van der Waals surface area contributed by atoms with Crippen LogP contribution in [0.3, 0.4) is 0 Å². The summed E-state index contributed by atoms with van der Waals surface area (Å²) in [6.07, 6.45) is 3.73. The highest BCUT2D eigenvalue weighted by molar-refractivity contribution is 7.99. The molecular weight excluding hydrogens is 262 g/mol. The topological polar surface area (TPSA) is 12.0 Å². The van der Waals surface area contributed by atoms with Crippen molar-refractivity contribution in [3.05, 3.63) is 59.7 Å². The predicted octanol–water partition coefficient (Wildman–Crippen LogP) is 5.29. The fourth-order valence-corrected chi connectivity index (χ4v) is 3.79. The molecule has 1 heterocycles. The summed E-state index contributed by atoms with van der Waals surface area (Å²) in [7, 11) is 0. The lowest BCUT2D eigenvalue weighted by Gasteiger charge is -2.15. The summed E-state index contributed by atoms with van der Waals surface area (Å²) in [4.78, 5) is 1.42. The van der Waals surface area contributed by atoms with E-state index in [0.717, 1.165) is 5.75 Å². The average molecular weight is 283 g/mol. The number of hydrogen-bond donors (Lipinski definition) is 1. The van der Waals surface area contributed by atoms with Gasteiger partial charge >= 0.3 is 0 Å². The molecule has 0 fully saturated rings. The van der Waals surface area contributed by atoms with E-state index in [0.29, 0.717) is 6.04 Å². The molecule has 0 amide bonds. The summed E-state index contributed by atoms with van der Waals surface area (Å²) in [6, 6.07) is 18.1. The molecule has 0 aliphatic carbocycles. The first-order chi connectivity index (χ1) is 9.86. The van der Waals surface area contributed by atoms with Crippen LogP contribution >= 0.6 is 11.8 Å². The lowest BCUT2D eigenvalue weighted by Crippen LogP contribution is -2.09. The van der Waals surface area contributed by atoms with Crippen molar-refractivity contribution in [3.8, 4) is 0 Å². The first-order valence-electron chi connectivity index (χ1n) is 7.44. The van der Waals surface area contributed by atoms with Gasteiger partial charge in [0.15, 0.2) is 0 Å². The molecule has 1 atom stereocenters. The van der Waals surface area contributed by atoms with Crippen LogP contribution in [0.25, 0.3) is 0 Å². The minimum absolute atomic E-state index is 0.442. The van der Waals surface area contributed by atoms with E-state index in [2.05, 4.69) is 60.8 Å². The number of nitrogens with one attached hydrogen (secondary N) is 1. The Kier molecular flexibility index (Phi) is 4.31. The molecule has 0 bridgehead atoms. The standard InChI is InChI=1S/C18H21NS/c1-2-3-6-14-9-11-15(12-10-14)19-17-13-20-18-8-5-4-7-16(17)18/h4-5,7-12,17,19H,2-3,6,13H2,1H3. The third-order valence-electron chi connectivity index (χ3n) is 3.81. The monoisotopic (exact) mass is 283 g/mol. The Hall–Kier alpha value is -1.41. The minimum Gasteiger partial charge on any atom is -0.377 e. The Morgan fingerprint density at radius 1 is 1.10 bits per heavy atom. The van der Waals surface area contributed by atoms with Crippen LogP contribution in [0.2, 0.25) is 0 Å². The maximum absolute atomic E-state index is 3.66. The van der Waals surface area contributed by atoms with E-state index >= 15 is 0 Å². The smallest absolute Gasteiger partial charge is 0.0618 e. The molecule has 3 rings (SSSR count). The van der Waals surface area contributed by atoms with Gasteiger partial charge in [-0.1, -0.05) is 43.7 Å². The molecule has 0 aromatic heterocycles. The van der Waals surface area contributed by atoms with E-state index in [1.165, 1.54) is 41.0 Å². The van der Waals surface area contributed by atoms with Gasteiger partial charge in [0.05, 0.1) is 6.04 Å². The van der Waals surface area contributed by atoms with Crippen molar-refractivity contribution in [1.82, 2.24) is 0 Å². The highest BCUT2D eigenvalue weighted by atomic mass is 32.2. The van der Waals surface area contributed by atoms with Gasteiger partial charge in [0.25, 0.3) is 0 Å². The van der Waals surface area contributed by atoms with Crippen molar-refractivity contribution in [2.45, 2.75) is 37.1 Å². The Labute approximate surface area is 125 Å². The molecule has 1 aliphatic rings. The second kappa shape index (κ2) is 6.36. The largest absolute Gasteiger partial charge is 0.377 e. The lowest BCUT2D eigenvalue weighted by atomic mass is 10.1. The minimum atomic E-state index is 0.442. The Morgan fingerprint density at radius 3 is 2.70 bits per heavy atom. The normalized spacial score (nSPS) is 16.9. The zero-order valence-corrected chi connectivity index (χ0v) is 12.7. The molecule has 0 spiro atoms. The molecule has 0 saturated heterocycles. The van der Waals surface area contributed by atoms with Crippen molar-refractivity contribution >= 4 is 17.4 Å². The molecule has 2 aromatic carbocycles. The number of aryl methyl sites for hydroxylation is 1. The van der Waals surface area contributed by atoms with Gasteiger partial charge in [0.1, 0.15) is 0 Å². The SMILES string of the molecule is CCCCc1ccc(NC2CSc3ccccc32)cc1. The summed E-state index contributed by atoms with van der Waals surface area (Å²) in [5.41, 5.74) is 4.11. The summed E-state index contributed by atoms with van der Waals surface area (Å²) >= 11 is 1.95. The van der Waals surface area contributed by atoms with E-state index < -0.39 is 0 Å². The highest BCUT2D eigenvalue weighted by Crippen LogP contribution is 2.39. The molecule has 1 nitrogen and oxygen atoms in total. The van der Waals surface area contributed by atoms with Crippen LogP contribution in [-0.4, -0.2) is 5.75 Å². The second-order valence-corrected chi connectivity index (χ2v) is 6.41. The van der Waals surface area contributed by atoms with Crippen LogP contribution in [0, 0.1) is 0 Å². The number of benzene rings is 2. The number of rotatable bonds is 5. The molecule has 0 radical (unpaired) electrons. The molecule has 1 aliphatic heterocycles. The molecule has 2 heteroatoms. The van der Waals surface area contributed by atoms with Gasteiger partial charge in [-0.3, -0.25) is 0 Å². The molecule has 0 saturated carbocycles. The molecule has 1 N–H and O–H groups in total. The summed E-state index contributed by atoms with van der Waals surface area (Å²) in [6.45, 7) is 2.24. The van der Waals surface area contributed by atoms with Gasteiger partial charge in [-0.05, 0) is 42.2 Å². The maximum atomic E-state index is 3.66. The van der Waals surface area contributed by atoms with Crippen molar-refractivity contribution in [3.63, 3.8) is 0 Å². The lowest BCUT2D eigenvalue weighted by molar-refractivity contribution is 0.795. The van der Waals surface area contributed by atoms with Crippen LogP contribution in [0.15, 0.2) is 53.4 Å². The molecule has 104 valence electrons. The van der Waals surface area contributed by atoms with Crippen LogP contribution in [0.1, 0.15) is 36.9 Å². The Bertz CT molecular complexity index is 562. The van der Waals surface area contributed by atoms with Gasteiger partial charge in [-0.2, -0.15) is 0 Å². The highest BCUT2D eigenvalue weighted by Gasteiger charge is 2.22. The quantitative estimate of drug-likeness (QED) is 0.800. The zero-order valence-electron chi connectivity index (χ0n) is 11.9. The van der Waals surface area contributed by atoms with Gasteiger partial charge in [-0.25, -0.2) is 0 Å². The fourth-order valence-electron chi connectivity index (χ4n) is 2.63. The van der Waals surface area contributed by atoms with Crippen LogP contribution in [0.5, 0.6) is 0 Å². The first kappa shape index (κ1) is 13.6. The van der Waals surface area contributed by atoms with E-state index in [4.69, 9.17) is 0 Å². The summed E-state index contributed by atoms with van der Waals surface area (Å²) in [5, 5.41) is 3.66. The number of unbranched alkanes of at least 4 members (excludes halogenated alkanes) is 1. The van der Waals surface area contributed by atoms with Crippen molar-refractivity contribution in [2.75, 3.05) is 11.1 Å². The fraction of sp³-hybridized carbons (Fsp3) is 0.333. The second-order valence-electron chi connectivity index (χ2n) is 5.35. The van der Waals surface area contributed by atoms with E-state index in [1.54, 1.807) is 0 Å². The van der Waals surface area contributed by atoms with E-state index in [1.807, 2.05) is 11.8 Å². The van der Waals surface area contributed by atoms with Crippen LogP contribution in [0.4, 0.5) is 5.69 Å². The zero-order chi connectivity index (χ0) is 13.8. The van der Waals surface area contributed by atoms with Gasteiger partial charge in [0, 0.05) is 16.3 Å². The molecule has 1 unspecified atom stereocenters. The average Bonchev–Trinajstić information content (AvgIpc) is 2.90. The van der Waals surface area contributed by atoms with E-state index in [9.17, 15) is 0 Å².